The standard InChI is InChI=1S/C14H20N2O/c1-5-11(4)13-8-14(17-7-6-15)12(9-16-13)10(2)3/h8-11H,5,7H2,1-4H3. The van der Waals surface area contributed by atoms with Crippen LogP contribution in [0.1, 0.15) is 57.2 Å². The van der Waals surface area contributed by atoms with Gasteiger partial charge in [-0.15, -0.1) is 0 Å². The number of ether oxygens (including phenoxy) is 1. The highest BCUT2D eigenvalue weighted by molar-refractivity contribution is 5.36. The zero-order valence-corrected chi connectivity index (χ0v) is 11.0. The molecule has 1 aromatic heterocycles. The van der Waals surface area contributed by atoms with Crippen LogP contribution >= 0.6 is 0 Å². The molecule has 0 saturated heterocycles. The first kappa shape index (κ1) is 13.5. The summed E-state index contributed by atoms with van der Waals surface area (Å²) in [5.74, 6) is 1.56. The van der Waals surface area contributed by atoms with Crippen LogP contribution in [0.4, 0.5) is 0 Å². The van der Waals surface area contributed by atoms with E-state index in [0.29, 0.717) is 11.8 Å². The first-order valence-electron chi connectivity index (χ1n) is 6.09. The number of rotatable bonds is 5. The quantitative estimate of drug-likeness (QED) is 0.778. The van der Waals surface area contributed by atoms with E-state index in [1.165, 1.54) is 0 Å². The van der Waals surface area contributed by atoms with Gasteiger partial charge in [0, 0.05) is 23.5 Å². The van der Waals surface area contributed by atoms with Crippen LogP contribution in [0.2, 0.25) is 0 Å². The van der Waals surface area contributed by atoms with Crippen molar-refractivity contribution in [2.24, 2.45) is 0 Å². The zero-order valence-electron chi connectivity index (χ0n) is 11.0. The molecule has 3 nitrogen and oxygen atoms in total. The fraction of sp³-hybridized carbons (Fsp3) is 0.571. The van der Waals surface area contributed by atoms with E-state index in [2.05, 4.69) is 32.7 Å². The number of hydrogen-bond acceptors (Lipinski definition) is 3. The fourth-order valence-corrected chi connectivity index (χ4v) is 1.61. The minimum absolute atomic E-state index is 0.0870. The summed E-state index contributed by atoms with van der Waals surface area (Å²) in [6.07, 6.45) is 2.92. The Bertz CT molecular complexity index is 407. The molecule has 3 heteroatoms. The van der Waals surface area contributed by atoms with Gasteiger partial charge in [-0.3, -0.25) is 4.98 Å². The van der Waals surface area contributed by atoms with Gasteiger partial charge in [0.1, 0.15) is 11.8 Å². The van der Waals surface area contributed by atoms with Gasteiger partial charge in [0.25, 0.3) is 0 Å². The molecule has 1 rings (SSSR count). The third-order valence-corrected chi connectivity index (χ3v) is 2.95. The molecule has 0 N–H and O–H groups in total. The lowest BCUT2D eigenvalue weighted by Crippen LogP contribution is -2.04. The average Bonchev–Trinajstić information content (AvgIpc) is 2.34. The number of nitrogens with zero attached hydrogens (tertiary/aromatic N) is 2. The van der Waals surface area contributed by atoms with Crippen LogP contribution in [-0.2, 0) is 0 Å². The van der Waals surface area contributed by atoms with Gasteiger partial charge in [0.15, 0.2) is 6.61 Å². The molecule has 0 aliphatic rings. The molecule has 92 valence electrons. The van der Waals surface area contributed by atoms with Crippen LogP contribution in [0, 0.1) is 11.3 Å². The third-order valence-electron chi connectivity index (χ3n) is 2.95. The second-order valence-corrected chi connectivity index (χ2v) is 4.56. The molecular weight excluding hydrogens is 212 g/mol. The van der Waals surface area contributed by atoms with Gasteiger partial charge in [0.05, 0.1) is 0 Å². The second-order valence-electron chi connectivity index (χ2n) is 4.56. The SMILES string of the molecule is CCC(C)c1cc(OCC#N)c(C(C)C)cn1. The number of aromatic nitrogens is 1. The Hall–Kier alpha value is -1.56. The summed E-state index contributed by atoms with van der Waals surface area (Å²) < 4.78 is 5.48. The largest absolute Gasteiger partial charge is 0.478 e. The number of hydrogen-bond donors (Lipinski definition) is 0. The summed E-state index contributed by atoms with van der Waals surface area (Å²) in [7, 11) is 0. The zero-order chi connectivity index (χ0) is 12.8. The molecule has 0 aliphatic carbocycles. The highest BCUT2D eigenvalue weighted by Gasteiger charge is 2.12. The highest BCUT2D eigenvalue weighted by atomic mass is 16.5. The minimum Gasteiger partial charge on any atom is -0.478 e. The number of nitriles is 1. The lowest BCUT2D eigenvalue weighted by Gasteiger charge is -2.15. The molecule has 0 fully saturated rings. The van der Waals surface area contributed by atoms with Crippen LogP contribution in [0.15, 0.2) is 12.3 Å². The predicted octanol–water partition coefficient (Wildman–Crippen LogP) is 3.62. The van der Waals surface area contributed by atoms with Gasteiger partial charge < -0.3 is 4.74 Å². The van der Waals surface area contributed by atoms with Crippen LogP contribution in [0.5, 0.6) is 5.75 Å². The lowest BCUT2D eigenvalue weighted by molar-refractivity contribution is 0.360. The van der Waals surface area contributed by atoms with E-state index in [1.54, 1.807) is 0 Å². The van der Waals surface area contributed by atoms with Crippen molar-refractivity contribution in [1.29, 1.82) is 5.26 Å². The first-order valence-corrected chi connectivity index (χ1v) is 6.09. The monoisotopic (exact) mass is 232 g/mol. The van der Waals surface area contributed by atoms with Gasteiger partial charge in [-0.2, -0.15) is 5.26 Å². The molecule has 0 radical (unpaired) electrons. The Labute approximate surface area is 103 Å². The molecule has 0 bridgehead atoms. The first-order chi connectivity index (χ1) is 8.10. The average molecular weight is 232 g/mol. The maximum atomic E-state index is 8.59. The second kappa shape index (κ2) is 6.24. The molecule has 0 aliphatic heterocycles. The van der Waals surface area contributed by atoms with Gasteiger partial charge in [-0.25, -0.2) is 0 Å². The predicted molar refractivity (Wildman–Crippen MR) is 68.1 cm³/mol. The van der Waals surface area contributed by atoms with Crippen molar-refractivity contribution < 1.29 is 4.74 Å². The van der Waals surface area contributed by atoms with E-state index in [4.69, 9.17) is 10.00 Å². The van der Waals surface area contributed by atoms with Crippen molar-refractivity contribution >= 4 is 0 Å². The molecule has 0 spiro atoms. The van der Waals surface area contributed by atoms with Gasteiger partial charge in [-0.05, 0) is 18.3 Å². The minimum atomic E-state index is 0.0870. The van der Waals surface area contributed by atoms with E-state index >= 15 is 0 Å². The van der Waals surface area contributed by atoms with Crippen LogP contribution in [0.3, 0.4) is 0 Å². The van der Waals surface area contributed by atoms with Crippen molar-refractivity contribution in [2.75, 3.05) is 6.61 Å². The van der Waals surface area contributed by atoms with Crippen LogP contribution in [-0.4, -0.2) is 11.6 Å². The van der Waals surface area contributed by atoms with E-state index in [9.17, 15) is 0 Å². The normalized spacial score (nSPS) is 12.2. The van der Waals surface area contributed by atoms with Crippen molar-refractivity contribution in [1.82, 2.24) is 4.98 Å². The maximum absolute atomic E-state index is 8.59. The molecule has 1 unspecified atom stereocenters. The van der Waals surface area contributed by atoms with E-state index < -0.39 is 0 Å². The summed E-state index contributed by atoms with van der Waals surface area (Å²) in [5.41, 5.74) is 2.09. The molecular formula is C14H20N2O. The molecule has 0 aromatic carbocycles. The third kappa shape index (κ3) is 3.45. The van der Waals surface area contributed by atoms with Gasteiger partial charge >= 0.3 is 0 Å². The Balaban J connectivity index is 3.06. The summed E-state index contributed by atoms with van der Waals surface area (Å²) in [6, 6.07) is 3.98. The molecule has 1 heterocycles. The van der Waals surface area contributed by atoms with Gasteiger partial charge in [0.2, 0.25) is 0 Å². The molecule has 1 aromatic rings. The van der Waals surface area contributed by atoms with Crippen molar-refractivity contribution in [3.05, 3.63) is 23.5 Å². The highest BCUT2D eigenvalue weighted by Crippen LogP contribution is 2.29. The van der Waals surface area contributed by atoms with Gasteiger partial charge in [-0.1, -0.05) is 27.7 Å². The topological polar surface area (TPSA) is 45.9 Å². The fourth-order valence-electron chi connectivity index (χ4n) is 1.61. The maximum Gasteiger partial charge on any atom is 0.174 e. The number of pyridine rings is 1. The molecule has 0 saturated carbocycles. The van der Waals surface area contributed by atoms with Crippen molar-refractivity contribution in [3.8, 4) is 11.8 Å². The smallest absolute Gasteiger partial charge is 0.174 e. The van der Waals surface area contributed by atoms with Crippen molar-refractivity contribution in [3.63, 3.8) is 0 Å². The Morgan fingerprint density at radius 2 is 2.12 bits per heavy atom. The van der Waals surface area contributed by atoms with E-state index in [0.717, 1.165) is 23.4 Å². The van der Waals surface area contributed by atoms with Crippen LogP contribution < -0.4 is 4.74 Å². The lowest BCUT2D eigenvalue weighted by atomic mass is 10.00. The molecule has 17 heavy (non-hydrogen) atoms. The van der Waals surface area contributed by atoms with Crippen molar-refractivity contribution in [2.45, 2.75) is 46.0 Å². The Morgan fingerprint density at radius 1 is 1.41 bits per heavy atom. The Morgan fingerprint density at radius 3 is 2.65 bits per heavy atom. The van der Waals surface area contributed by atoms with Crippen LogP contribution in [0.25, 0.3) is 0 Å². The summed E-state index contributed by atoms with van der Waals surface area (Å²) in [4.78, 5) is 4.48. The Kier molecular flexibility index (Phi) is 4.96. The van der Waals surface area contributed by atoms with E-state index in [1.807, 2.05) is 18.3 Å². The molecule has 1 atom stereocenters. The summed E-state index contributed by atoms with van der Waals surface area (Å²) in [5, 5.41) is 8.59. The molecule has 0 amide bonds. The summed E-state index contributed by atoms with van der Waals surface area (Å²) in [6.45, 7) is 8.56. The van der Waals surface area contributed by atoms with E-state index in [-0.39, 0.29) is 6.61 Å². The summed E-state index contributed by atoms with van der Waals surface area (Å²) >= 11 is 0.